The minimum absolute atomic E-state index is 0.123. The number of carboxylic acids is 1. The smallest absolute Gasteiger partial charge is 0.335 e. The van der Waals surface area contributed by atoms with Crippen LogP contribution in [0.5, 0.6) is 5.75 Å². The van der Waals surface area contributed by atoms with Gasteiger partial charge in [0.25, 0.3) is 0 Å². The second-order valence-electron chi connectivity index (χ2n) is 4.49. The Balaban J connectivity index is 1.74. The van der Waals surface area contributed by atoms with Gasteiger partial charge < -0.3 is 9.84 Å². The average Bonchev–Trinajstić information content (AvgIpc) is 3.05. The van der Waals surface area contributed by atoms with Gasteiger partial charge in [0, 0.05) is 5.56 Å². The van der Waals surface area contributed by atoms with Crippen LogP contribution < -0.4 is 9.96 Å². The van der Waals surface area contributed by atoms with Crippen molar-refractivity contribution in [2.75, 3.05) is 12.3 Å². The van der Waals surface area contributed by atoms with Crippen molar-refractivity contribution in [3.8, 4) is 5.75 Å². The molecule has 0 radical (unpaired) electrons. The van der Waals surface area contributed by atoms with Crippen molar-refractivity contribution in [2.24, 2.45) is 0 Å². The molecule has 7 heteroatoms. The van der Waals surface area contributed by atoms with Gasteiger partial charge in [0.2, 0.25) is 6.29 Å². The summed E-state index contributed by atoms with van der Waals surface area (Å²) < 4.78 is 5.08. The van der Waals surface area contributed by atoms with Gasteiger partial charge in [0.1, 0.15) is 5.75 Å². The number of nitrogens with zero attached hydrogens (tertiary/aromatic N) is 1. The fourth-order valence-corrected chi connectivity index (χ4v) is 1.93. The third kappa shape index (κ3) is 2.86. The minimum Gasteiger partial charge on any atom is -0.497 e. The first kappa shape index (κ1) is 14.3. The highest BCUT2D eigenvalue weighted by Crippen LogP contribution is 2.32. The molecule has 0 amide bonds. The second-order valence-corrected chi connectivity index (χ2v) is 4.49. The summed E-state index contributed by atoms with van der Waals surface area (Å²) in [5.74, 6) is -0.317. The maximum absolute atomic E-state index is 11.0. The number of benzene rings is 2. The van der Waals surface area contributed by atoms with Crippen molar-refractivity contribution in [3.63, 3.8) is 0 Å². The van der Waals surface area contributed by atoms with Crippen molar-refractivity contribution in [1.29, 1.82) is 0 Å². The molecule has 22 heavy (non-hydrogen) atoms. The molecular weight excluding hydrogens is 290 g/mol. The molecule has 1 aliphatic heterocycles. The summed E-state index contributed by atoms with van der Waals surface area (Å²) in [6, 6.07) is 13.2. The van der Waals surface area contributed by atoms with Gasteiger partial charge in [-0.25, -0.2) is 9.63 Å². The van der Waals surface area contributed by atoms with Crippen LogP contribution in [0.25, 0.3) is 0 Å². The summed E-state index contributed by atoms with van der Waals surface area (Å²) in [6.07, 6.45) is -0.751. The molecule has 1 N–H and O–H groups in total. The van der Waals surface area contributed by atoms with Gasteiger partial charge >= 0.3 is 5.97 Å². The van der Waals surface area contributed by atoms with Crippen LogP contribution in [0, 0.1) is 0 Å². The quantitative estimate of drug-likeness (QED) is 0.870. The van der Waals surface area contributed by atoms with Crippen LogP contribution in [0.4, 0.5) is 5.69 Å². The molecular formula is C15H13NO6. The molecule has 7 nitrogen and oxygen atoms in total. The number of methoxy groups -OCH3 is 1. The molecule has 0 saturated carbocycles. The summed E-state index contributed by atoms with van der Waals surface area (Å²) in [5.41, 5.74) is 1.27. The van der Waals surface area contributed by atoms with Crippen LogP contribution in [0.3, 0.4) is 0 Å². The van der Waals surface area contributed by atoms with E-state index < -0.39 is 12.3 Å². The average molecular weight is 303 g/mol. The van der Waals surface area contributed by atoms with Crippen LogP contribution in [-0.4, -0.2) is 18.2 Å². The molecule has 0 aliphatic carbocycles. The summed E-state index contributed by atoms with van der Waals surface area (Å²) in [5, 5.41) is 10.0. The van der Waals surface area contributed by atoms with Gasteiger partial charge in [-0.3, -0.25) is 0 Å². The van der Waals surface area contributed by atoms with Gasteiger partial charge in [-0.15, -0.1) is 0 Å². The number of hydrogen-bond acceptors (Lipinski definition) is 6. The molecule has 1 atom stereocenters. The van der Waals surface area contributed by atoms with Crippen molar-refractivity contribution in [3.05, 3.63) is 59.7 Å². The van der Waals surface area contributed by atoms with Crippen LogP contribution >= 0.6 is 0 Å². The van der Waals surface area contributed by atoms with Crippen LogP contribution in [0.1, 0.15) is 22.2 Å². The van der Waals surface area contributed by atoms with Crippen molar-refractivity contribution < 1.29 is 29.4 Å². The first-order valence-corrected chi connectivity index (χ1v) is 6.45. The Morgan fingerprint density at radius 3 is 2.68 bits per heavy atom. The first-order chi connectivity index (χ1) is 10.7. The monoisotopic (exact) mass is 303 g/mol. The fraction of sp³-hybridized carbons (Fsp3) is 0.133. The molecule has 1 fully saturated rings. The molecule has 1 aliphatic rings. The highest BCUT2D eigenvalue weighted by atomic mass is 17.4. The Labute approximate surface area is 126 Å². The van der Waals surface area contributed by atoms with Gasteiger partial charge in [0.15, 0.2) is 0 Å². The predicted molar refractivity (Wildman–Crippen MR) is 74.9 cm³/mol. The number of carboxylic acid groups (broad SMARTS) is 1. The fourth-order valence-electron chi connectivity index (χ4n) is 1.93. The molecule has 2 aromatic carbocycles. The van der Waals surface area contributed by atoms with Gasteiger partial charge in [-0.2, -0.15) is 4.89 Å². The van der Waals surface area contributed by atoms with E-state index in [2.05, 4.69) is 0 Å². The molecule has 2 aromatic rings. The Morgan fingerprint density at radius 1 is 1.23 bits per heavy atom. The lowest BCUT2D eigenvalue weighted by Gasteiger charge is -2.12. The third-order valence-corrected chi connectivity index (χ3v) is 3.08. The molecule has 0 spiro atoms. The lowest BCUT2D eigenvalue weighted by atomic mass is 10.2. The summed E-state index contributed by atoms with van der Waals surface area (Å²) in [4.78, 5) is 26.5. The van der Waals surface area contributed by atoms with E-state index in [0.717, 1.165) is 10.8 Å². The largest absolute Gasteiger partial charge is 0.497 e. The number of hydrogen-bond donors (Lipinski definition) is 1. The normalized spacial score (nSPS) is 17.5. The van der Waals surface area contributed by atoms with E-state index >= 15 is 0 Å². The molecule has 0 bridgehead atoms. The third-order valence-electron chi connectivity index (χ3n) is 3.08. The van der Waals surface area contributed by atoms with Crippen molar-refractivity contribution >= 4 is 11.7 Å². The Morgan fingerprint density at radius 2 is 2.00 bits per heavy atom. The van der Waals surface area contributed by atoms with E-state index in [9.17, 15) is 4.79 Å². The van der Waals surface area contributed by atoms with Crippen LogP contribution in [0.2, 0.25) is 0 Å². The van der Waals surface area contributed by atoms with Gasteiger partial charge in [-0.1, -0.05) is 28.4 Å². The van der Waals surface area contributed by atoms with Gasteiger partial charge in [0.05, 0.1) is 18.4 Å². The predicted octanol–water partition coefficient (Wildman–Crippen LogP) is 2.71. The highest BCUT2D eigenvalue weighted by Gasteiger charge is 2.29. The van der Waals surface area contributed by atoms with Gasteiger partial charge in [-0.05, 0) is 30.3 Å². The zero-order valence-corrected chi connectivity index (χ0v) is 11.6. The van der Waals surface area contributed by atoms with E-state index in [1.54, 1.807) is 43.5 Å². The second kappa shape index (κ2) is 6.02. The summed E-state index contributed by atoms with van der Waals surface area (Å²) >= 11 is 0. The van der Waals surface area contributed by atoms with Crippen LogP contribution in [-0.2, 0) is 14.7 Å². The Kier molecular flexibility index (Phi) is 3.92. The zero-order chi connectivity index (χ0) is 15.5. The SMILES string of the molecule is COc1ccc(C2OON(c3cccc(C(=O)O)c3)O2)cc1. The zero-order valence-electron chi connectivity index (χ0n) is 11.6. The molecule has 1 heterocycles. The highest BCUT2D eigenvalue weighted by molar-refractivity contribution is 5.88. The van der Waals surface area contributed by atoms with E-state index in [1.807, 2.05) is 0 Å². The number of carbonyl (C=O) groups is 1. The standard InChI is InChI=1S/C15H13NO6/c1-19-13-7-5-10(6-8-13)15-20-16(22-21-15)12-4-2-3-11(9-12)14(17)18/h2-9,15H,1H3,(H,17,18). The van der Waals surface area contributed by atoms with E-state index in [1.165, 1.54) is 12.1 Å². The number of rotatable bonds is 4. The van der Waals surface area contributed by atoms with E-state index in [0.29, 0.717) is 11.4 Å². The summed E-state index contributed by atoms with van der Waals surface area (Å²) in [6.45, 7) is 0. The van der Waals surface area contributed by atoms with Crippen molar-refractivity contribution in [2.45, 2.75) is 6.29 Å². The molecule has 1 saturated heterocycles. The Hall–Kier alpha value is -2.61. The first-order valence-electron chi connectivity index (χ1n) is 6.45. The lowest BCUT2D eigenvalue weighted by Crippen LogP contribution is -2.15. The number of ether oxygens (including phenoxy) is 1. The maximum atomic E-state index is 11.0. The molecule has 0 aromatic heterocycles. The van der Waals surface area contributed by atoms with E-state index in [4.69, 9.17) is 24.6 Å². The maximum Gasteiger partial charge on any atom is 0.335 e. The topological polar surface area (TPSA) is 77.5 Å². The minimum atomic E-state index is -1.03. The lowest BCUT2D eigenvalue weighted by molar-refractivity contribution is -0.286. The molecule has 3 rings (SSSR count). The summed E-state index contributed by atoms with van der Waals surface area (Å²) in [7, 11) is 1.58. The van der Waals surface area contributed by atoms with Crippen LogP contribution in [0.15, 0.2) is 48.5 Å². The van der Waals surface area contributed by atoms with E-state index in [-0.39, 0.29) is 5.56 Å². The number of anilines is 1. The Bertz CT molecular complexity index is 672. The van der Waals surface area contributed by atoms with Crippen molar-refractivity contribution in [1.82, 2.24) is 0 Å². The molecule has 114 valence electrons. The molecule has 1 unspecified atom stereocenters. The number of aromatic carboxylic acids is 1.